The number of rotatable bonds is 7. The SMILES string of the molecule is Nc1ccccc1NC(=O)c1ccc(C(CN2CCOCC2)NC(=S)O[C@H]2CCNC2)cc1. The Morgan fingerprint density at radius 2 is 1.97 bits per heavy atom. The summed E-state index contributed by atoms with van der Waals surface area (Å²) in [6, 6.07) is 14.7. The number of hydrogen-bond donors (Lipinski definition) is 4. The van der Waals surface area contributed by atoms with Crippen LogP contribution < -0.4 is 21.7 Å². The quantitative estimate of drug-likeness (QED) is 0.362. The number of morpholine rings is 1. The molecule has 8 nitrogen and oxygen atoms in total. The van der Waals surface area contributed by atoms with Crippen molar-refractivity contribution in [3.8, 4) is 0 Å². The number of amides is 1. The lowest BCUT2D eigenvalue weighted by molar-refractivity contribution is 0.0339. The molecule has 2 aromatic rings. The van der Waals surface area contributed by atoms with Gasteiger partial charge in [-0.2, -0.15) is 0 Å². The van der Waals surface area contributed by atoms with E-state index in [9.17, 15) is 4.79 Å². The molecule has 2 saturated heterocycles. The molecule has 0 aromatic heterocycles. The lowest BCUT2D eigenvalue weighted by Crippen LogP contribution is -2.43. The Bertz CT molecular complexity index is 943. The molecule has 2 aliphatic heterocycles. The molecule has 2 heterocycles. The number of nitrogens with one attached hydrogen (secondary N) is 3. The Hall–Kier alpha value is -2.72. The van der Waals surface area contributed by atoms with E-state index in [1.54, 1.807) is 12.1 Å². The van der Waals surface area contributed by atoms with Crippen molar-refractivity contribution in [2.24, 2.45) is 0 Å². The topological polar surface area (TPSA) is 101 Å². The van der Waals surface area contributed by atoms with Crippen molar-refractivity contribution in [2.45, 2.75) is 18.6 Å². The average molecular weight is 470 g/mol. The highest BCUT2D eigenvalue weighted by atomic mass is 32.1. The monoisotopic (exact) mass is 469 g/mol. The van der Waals surface area contributed by atoms with Crippen molar-refractivity contribution in [2.75, 3.05) is 57.0 Å². The smallest absolute Gasteiger partial charge is 0.257 e. The summed E-state index contributed by atoms with van der Waals surface area (Å²) >= 11 is 5.51. The highest BCUT2D eigenvalue weighted by Gasteiger charge is 2.22. The lowest BCUT2D eigenvalue weighted by Gasteiger charge is -2.31. The maximum absolute atomic E-state index is 12.7. The van der Waals surface area contributed by atoms with E-state index in [0.29, 0.717) is 22.1 Å². The van der Waals surface area contributed by atoms with Gasteiger partial charge in [-0.25, -0.2) is 0 Å². The van der Waals surface area contributed by atoms with E-state index in [1.807, 2.05) is 36.4 Å². The number of nitrogen functional groups attached to an aromatic ring is 1. The zero-order valence-electron chi connectivity index (χ0n) is 18.6. The third-order valence-electron chi connectivity index (χ3n) is 5.91. The maximum atomic E-state index is 12.7. The van der Waals surface area contributed by atoms with Crippen LogP contribution in [0.15, 0.2) is 48.5 Å². The molecule has 5 N–H and O–H groups in total. The normalized spacial score (nSPS) is 19.6. The molecule has 2 aromatic carbocycles. The molecular formula is C24H31N5O3S. The summed E-state index contributed by atoms with van der Waals surface area (Å²) in [6.07, 6.45) is 1.05. The van der Waals surface area contributed by atoms with Crippen molar-refractivity contribution in [1.29, 1.82) is 0 Å². The molecule has 2 atom stereocenters. The summed E-state index contributed by atoms with van der Waals surface area (Å²) in [5, 5.41) is 9.94. The predicted molar refractivity (Wildman–Crippen MR) is 133 cm³/mol. The second-order valence-corrected chi connectivity index (χ2v) is 8.66. The Labute approximate surface area is 199 Å². The van der Waals surface area contributed by atoms with E-state index in [0.717, 1.165) is 57.9 Å². The molecule has 1 amide bonds. The van der Waals surface area contributed by atoms with Crippen molar-refractivity contribution in [1.82, 2.24) is 15.5 Å². The zero-order valence-corrected chi connectivity index (χ0v) is 19.4. The number of nitrogens with zero attached hydrogens (tertiary/aromatic N) is 1. The highest BCUT2D eigenvalue weighted by molar-refractivity contribution is 7.80. The minimum atomic E-state index is -0.204. The number of thiocarbonyl (C=S) groups is 1. The molecule has 33 heavy (non-hydrogen) atoms. The van der Waals surface area contributed by atoms with E-state index in [2.05, 4.69) is 20.9 Å². The number of carbonyl (C=O) groups excluding carboxylic acids is 1. The number of anilines is 2. The standard InChI is InChI=1S/C24H31N5O3S/c25-20-3-1-2-4-21(20)27-23(30)18-7-5-17(6-8-18)22(16-29-11-13-31-14-12-29)28-24(33)32-19-9-10-26-15-19/h1-8,19,22,26H,9-16,25H2,(H,27,30)(H,28,33)/t19-,22?/m0/s1. The van der Waals surface area contributed by atoms with E-state index >= 15 is 0 Å². The molecule has 0 spiro atoms. The molecule has 0 saturated carbocycles. The van der Waals surface area contributed by atoms with Gasteiger partial charge in [-0.15, -0.1) is 0 Å². The first-order valence-electron chi connectivity index (χ1n) is 11.3. The van der Waals surface area contributed by atoms with Gasteiger partial charge in [-0.3, -0.25) is 9.69 Å². The van der Waals surface area contributed by atoms with Gasteiger partial charge in [0.25, 0.3) is 11.1 Å². The first-order valence-corrected chi connectivity index (χ1v) is 11.7. The van der Waals surface area contributed by atoms with Gasteiger partial charge >= 0.3 is 0 Å². The third kappa shape index (κ3) is 6.64. The fourth-order valence-electron chi connectivity index (χ4n) is 4.00. The van der Waals surface area contributed by atoms with Crippen molar-refractivity contribution < 1.29 is 14.3 Å². The number of para-hydroxylation sites is 2. The van der Waals surface area contributed by atoms with Gasteiger partial charge < -0.3 is 31.2 Å². The van der Waals surface area contributed by atoms with Crippen LogP contribution in [0.1, 0.15) is 28.4 Å². The van der Waals surface area contributed by atoms with Crippen LogP contribution in [0.5, 0.6) is 0 Å². The fourth-order valence-corrected chi connectivity index (χ4v) is 4.28. The van der Waals surface area contributed by atoms with Crippen LogP contribution in [0.2, 0.25) is 0 Å². The van der Waals surface area contributed by atoms with Crippen molar-refractivity contribution in [3.05, 3.63) is 59.7 Å². The van der Waals surface area contributed by atoms with E-state index in [-0.39, 0.29) is 18.1 Å². The Morgan fingerprint density at radius 1 is 1.21 bits per heavy atom. The molecule has 0 aliphatic carbocycles. The van der Waals surface area contributed by atoms with Gasteiger partial charge in [0.2, 0.25) is 0 Å². The second-order valence-electron chi connectivity index (χ2n) is 8.29. The molecule has 2 fully saturated rings. The van der Waals surface area contributed by atoms with Gasteiger partial charge in [0.1, 0.15) is 6.10 Å². The van der Waals surface area contributed by atoms with Crippen LogP contribution in [-0.2, 0) is 9.47 Å². The minimum absolute atomic E-state index is 0.0631. The minimum Gasteiger partial charge on any atom is -0.466 e. The summed E-state index contributed by atoms with van der Waals surface area (Å²) in [7, 11) is 0. The summed E-state index contributed by atoms with van der Waals surface area (Å²) in [6.45, 7) is 5.72. The van der Waals surface area contributed by atoms with Gasteiger partial charge in [0.15, 0.2) is 0 Å². The molecule has 0 radical (unpaired) electrons. The van der Waals surface area contributed by atoms with Crippen molar-refractivity contribution in [3.63, 3.8) is 0 Å². The lowest BCUT2D eigenvalue weighted by atomic mass is 10.0. The number of ether oxygens (including phenoxy) is 2. The summed E-state index contributed by atoms with van der Waals surface area (Å²) in [4.78, 5) is 15.0. The highest BCUT2D eigenvalue weighted by Crippen LogP contribution is 2.20. The van der Waals surface area contributed by atoms with Crippen LogP contribution in [0, 0.1) is 0 Å². The summed E-state index contributed by atoms with van der Waals surface area (Å²) < 4.78 is 11.4. The van der Waals surface area contributed by atoms with Gasteiger partial charge in [0, 0.05) is 31.7 Å². The fraction of sp³-hybridized carbons (Fsp3) is 0.417. The zero-order chi connectivity index (χ0) is 23.0. The number of benzene rings is 2. The molecule has 2 aliphatic rings. The van der Waals surface area contributed by atoms with Crippen molar-refractivity contribution >= 4 is 34.7 Å². The first kappa shape index (κ1) is 23.4. The molecule has 176 valence electrons. The van der Waals surface area contributed by atoms with Crippen LogP contribution in [0.3, 0.4) is 0 Å². The maximum Gasteiger partial charge on any atom is 0.257 e. The number of nitrogens with two attached hydrogens (primary N) is 1. The van der Waals surface area contributed by atoms with Crippen LogP contribution in [0.25, 0.3) is 0 Å². The first-order chi connectivity index (χ1) is 16.1. The molecule has 4 rings (SSSR count). The molecule has 9 heteroatoms. The number of hydrogen-bond acceptors (Lipinski definition) is 7. The Kier molecular flexibility index (Phi) is 8.11. The van der Waals surface area contributed by atoms with E-state index in [4.69, 9.17) is 27.4 Å². The van der Waals surface area contributed by atoms with Gasteiger partial charge in [0.05, 0.1) is 30.6 Å². The second kappa shape index (κ2) is 11.4. The van der Waals surface area contributed by atoms with Crippen LogP contribution in [-0.4, -0.2) is 68.0 Å². The molecular weight excluding hydrogens is 438 g/mol. The van der Waals surface area contributed by atoms with Gasteiger partial charge in [-0.05, 0) is 55.0 Å². The summed E-state index contributed by atoms with van der Waals surface area (Å²) in [5.41, 5.74) is 8.66. The van der Waals surface area contributed by atoms with E-state index < -0.39 is 0 Å². The summed E-state index contributed by atoms with van der Waals surface area (Å²) in [5.74, 6) is -0.204. The van der Waals surface area contributed by atoms with E-state index in [1.165, 1.54) is 0 Å². The Morgan fingerprint density at radius 3 is 2.67 bits per heavy atom. The van der Waals surface area contributed by atoms with Crippen LogP contribution in [0.4, 0.5) is 11.4 Å². The average Bonchev–Trinajstić information content (AvgIpc) is 3.34. The third-order valence-corrected chi connectivity index (χ3v) is 6.12. The molecule has 0 bridgehead atoms. The largest absolute Gasteiger partial charge is 0.466 e. The van der Waals surface area contributed by atoms with Crippen LogP contribution >= 0.6 is 12.2 Å². The predicted octanol–water partition coefficient (Wildman–Crippen LogP) is 2.15. The number of carbonyl (C=O) groups is 1. The van der Waals surface area contributed by atoms with Gasteiger partial charge in [-0.1, -0.05) is 24.3 Å². The molecule has 1 unspecified atom stereocenters. The Balaban J connectivity index is 1.43.